The topological polar surface area (TPSA) is 95.7 Å². The van der Waals surface area contributed by atoms with Gasteiger partial charge in [0, 0.05) is 6.42 Å². The first-order valence-corrected chi connectivity index (χ1v) is 5.12. The molecule has 0 radical (unpaired) electrons. The van der Waals surface area contributed by atoms with Gasteiger partial charge in [-0.1, -0.05) is 30.3 Å². The standard InChI is InChI=1S/C11H11NO6/c13-10(6-7-11(14)18-12(15)16)17-8-9-4-2-1-3-5-9/h1-5H,6-8H2. The predicted octanol–water partition coefficient (Wildman–Crippen LogP) is 1.24. The molecule has 1 aromatic carbocycles. The maximum atomic E-state index is 11.2. The average molecular weight is 253 g/mol. The first-order valence-electron chi connectivity index (χ1n) is 5.12. The zero-order chi connectivity index (χ0) is 13.4. The van der Waals surface area contributed by atoms with Crippen molar-refractivity contribution in [1.82, 2.24) is 0 Å². The van der Waals surface area contributed by atoms with E-state index in [1.165, 1.54) is 0 Å². The van der Waals surface area contributed by atoms with Crippen LogP contribution in [0, 0.1) is 10.1 Å². The lowest BCUT2D eigenvalue weighted by molar-refractivity contribution is -0.729. The van der Waals surface area contributed by atoms with Gasteiger partial charge in [0.1, 0.15) is 6.61 Å². The molecular formula is C11H11NO6. The van der Waals surface area contributed by atoms with Crippen LogP contribution in [-0.4, -0.2) is 17.0 Å². The highest BCUT2D eigenvalue weighted by Gasteiger charge is 2.11. The van der Waals surface area contributed by atoms with Gasteiger partial charge in [-0.25, -0.2) is 4.84 Å². The van der Waals surface area contributed by atoms with Gasteiger partial charge in [-0.2, -0.15) is 0 Å². The second-order valence-electron chi connectivity index (χ2n) is 3.33. The zero-order valence-corrected chi connectivity index (χ0v) is 9.40. The van der Waals surface area contributed by atoms with Crippen molar-refractivity contribution in [3.8, 4) is 0 Å². The fourth-order valence-electron chi connectivity index (χ4n) is 1.14. The Morgan fingerprint density at radius 1 is 1.11 bits per heavy atom. The van der Waals surface area contributed by atoms with Crippen LogP contribution in [0.4, 0.5) is 0 Å². The molecule has 0 aromatic heterocycles. The summed E-state index contributed by atoms with van der Waals surface area (Å²) in [6.45, 7) is 0.101. The third-order valence-corrected chi connectivity index (χ3v) is 1.95. The van der Waals surface area contributed by atoms with Crippen molar-refractivity contribution in [2.75, 3.05) is 0 Å². The number of rotatable bonds is 6. The van der Waals surface area contributed by atoms with Gasteiger partial charge in [0.15, 0.2) is 0 Å². The first-order chi connectivity index (χ1) is 8.58. The minimum Gasteiger partial charge on any atom is -0.461 e. The molecule has 18 heavy (non-hydrogen) atoms. The van der Waals surface area contributed by atoms with Gasteiger partial charge in [0.2, 0.25) is 0 Å². The number of nitrogens with zero attached hydrogens (tertiary/aromatic N) is 1. The molecule has 7 heteroatoms. The molecule has 0 unspecified atom stereocenters. The Kier molecular flexibility index (Phi) is 5.30. The second-order valence-corrected chi connectivity index (χ2v) is 3.33. The molecule has 0 spiro atoms. The second kappa shape index (κ2) is 7.00. The highest BCUT2D eigenvalue weighted by atomic mass is 17.0. The van der Waals surface area contributed by atoms with E-state index in [-0.39, 0.29) is 19.4 Å². The normalized spacial score (nSPS) is 9.56. The fourth-order valence-corrected chi connectivity index (χ4v) is 1.14. The lowest BCUT2D eigenvalue weighted by Gasteiger charge is -2.03. The molecule has 0 bridgehead atoms. The predicted molar refractivity (Wildman–Crippen MR) is 58.6 cm³/mol. The fraction of sp³-hybridized carbons (Fsp3) is 0.273. The SMILES string of the molecule is O=C(CCC(=O)O[N+](=O)[O-])OCc1ccccc1. The van der Waals surface area contributed by atoms with Crippen LogP contribution in [0.25, 0.3) is 0 Å². The van der Waals surface area contributed by atoms with Crippen LogP contribution in [0.3, 0.4) is 0 Å². The van der Waals surface area contributed by atoms with Crippen LogP contribution in [-0.2, 0) is 25.8 Å². The van der Waals surface area contributed by atoms with E-state index in [0.717, 1.165) is 5.56 Å². The lowest BCUT2D eigenvalue weighted by atomic mass is 10.2. The Labute approximate surface area is 102 Å². The van der Waals surface area contributed by atoms with Crippen molar-refractivity contribution in [2.45, 2.75) is 19.4 Å². The molecule has 0 fully saturated rings. The van der Waals surface area contributed by atoms with Crippen LogP contribution in [0.5, 0.6) is 0 Å². The Hall–Kier alpha value is -2.44. The summed E-state index contributed by atoms with van der Waals surface area (Å²) in [5.74, 6) is -1.68. The Morgan fingerprint density at radius 3 is 2.33 bits per heavy atom. The largest absolute Gasteiger partial charge is 0.461 e. The summed E-state index contributed by atoms with van der Waals surface area (Å²) in [6.07, 6.45) is -0.631. The summed E-state index contributed by atoms with van der Waals surface area (Å²) < 4.78 is 4.87. The van der Waals surface area contributed by atoms with Crippen LogP contribution in [0.2, 0.25) is 0 Å². The van der Waals surface area contributed by atoms with Gasteiger partial charge < -0.3 is 4.74 Å². The number of hydrogen-bond donors (Lipinski definition) is 0. The van der Waals surface area contributed by atoms with E-state index in [4.69, 9.17) is 4.74 Å². The van der Waals surface area contributed by atoms with Crippen LogP contribution in [0.1, 0.15) is 18.4 Å². The summed E-state index contributed by atoms with van der Waals surface area (Å²) >= 11 is 0. The first kappa shape index (κ1) is 13.6. The minimum absolute atomic E-state index is 0.101. The number of benzene rings is 1. The van der Waals surface area contributed by atoms with Crippen molar-refractivity contribution in [1.29, 1.82) is 0 Å². The van der Waals surface area contributed by atoms with Gasteiger partial charge in [-0.15, -0.1) is 10.1 Å². The molecule has 1 aromatic rings. The van der Waals surface area contributed by atoms with Crippen molar-refractivity contribution in [3.63, 3.8) is 0 Å². The maximum absolute atomic E-state index is 11.2. The van der Waals surface area contributed by atoms with E-state index in [1.54, 1.807) is 24.3 Å². The van der Waals surface area contributed by atoms with Crippen molar-refractivity contribution in [3.05, 3.63) is 46.0 Å². The number of carbonyl (C=O) groups is 2. The summed E-state index contributed by atoms with van der Waals surface area (Å²) in [5, 5.41) is 8.60. The monoisotopic (exact) mass is 253 g/mol. The molecule has 0 atom stereocenters. The Balaban J connectivity index is 2.22. The third kappa shape index (κ3) is 5.59. The summed E-state index contributed by atoms with van der Waals surface area (Å²) in [6, 6.07) is 9.01. The molecule has 7 nitrogen and oxygen atoms in total. The van der Waals surface area contributed by atoms with Crippen LogP contribution < -0.4 is 0 Å². The zero-order valence-electron chi connectivity index (χ0n) is 9.40. The van der Waals surface area contributed by atoms with Crippen molar-refractivity contribution >= 4 is 11.9 Å². The quantitative estimate of drug-likeness (QED) is 0.430. The van der Waals surface area contributed by atoms with Gasteiger partial charge in [-0.3, -0.25) is 9.59 Å². The van der Waals surface area contributed by atoms with E-state index in [2.05, 4.69) is 4.84 Å². The maximum Gasteiger partial charge on any atom is 0.306 e. The smallest absolute Gasteiger partial charge is 0.306 e. The molecule has 0 amide bonds. The molecule has 0 aliphatic rings. The summed E-state index contributed by atoms with van der Waals surface area (Å²) in [5.41, 5.74) is 0.818. The van der Waals surface area contributed by atoms with E-state index in [1.807, 2.05) is 6.07 Å². The van der Waals surface area contributed by atoms with Crippen molar-refractivity contribution < 1.29 is 24.3 Å². The van der Waals surface area contributed by atoms with Crippen LogP contribution in [0.15, 0.2) is 30.3 Å². The minimum atomic E-state index is -1.21. The van der Waals surface area contributed by atoms with Gasteiger partial charge >= 0.3 is 17.0 Å². The number of esters is 1. The Bertz CT molecular complexity index is 430. The number of ether oxygens (including phenoxy) is 1. The molecule has 0 heterocycles. The average Bonchev–Trinajstić information content (AvgIpc) is 2.34. The van der Waals surface area contributed by atoms with Crippen molar-refractivity contribution in [2.24, 2.45) is 0 Å². The molecule has 0 N–H and O–H groups in total. The summed E-state index contributed by atoms with van der Waals surface area (Å²) in [7, 11) is 0. The summed E-state index contributed by atoms with van der Waals surface area (Å²) in [4.78, 5) is 35.4. The molecule has 0 saturated heterocycles. The Morgan fingerprint density at radius 2 is 1.72 bits per heavy atom. The molecule has 96 valence electrons. The molecule has 0 aliphatic heterocycles. The van der Waals surface area contributed by atoms with Gasteiger partial charge in [0.05, 0.1) is 6.42 Å². The molecule has 1 rings (SSSR count). The number of hydrogen-bond acceptors (Lipinski definition) is 6. The molecule has 0 aliphatic carbocycles. The lowest BCUT2D eigenvalue weighted by Crippen LogP contribution is -2.13. The van der Waals surface area contributed by atoms with E-state index >= 15 is 0 Å². The van der Waals surface area contributed by atoms with E-state index in [0.29, 0.717) is 0 Å². The molecular weight excluding hydrogens is 242 g/mol. The van der Waals surface area contributed by atoms with E-state index < -0.39 is 17.0 Å². The number of carbonyl (C=O) groups excluding carboxylic acids is 2. The van der Waals surface area contributed by atoms with Gasteiger partial charge in [-0.05, 0) is 5.56 Å². The van der Waals surface area contributed by atoms with E-state index in [9.17, 15) is 19.7 Å². The highest BCUT2D eigenvalue weighted by molar-refractivity contribution is 5.77. The van der Waals surface area contributed by atoms with Crippen LogP contribution >= 0.6 is 0 Å². The molecule has 0 saturated carbocycles. The van der Waals surface area contributed by atoms with Gasteiger partial charge in [0.25, 0.3) is 0 Å². The highest BCUT2D eigenvalue weighted by Crippen LogP contribution is 2.03. The third-order valence-electron chi connectivity index (χ3n) is 1.95.